The van der Waals surface area contributed by atoms with E-state index in [4.69, 9.17) is 21.6 Å². The molecular formula is C12H12ClN3O3. The molecule has 1 N–H and O–H groups in total. The number of anilines is 1. The molecule has 1 aliphatic rings. The van der Waals surface area contributed by atoms with Crippen LogP contribution in [0.15, 0.2) is 12.3 Å². The summed E-state index contributed by atoms with van der Waals surface area (Å²) in [5.74, 6) is -0.0774. The number of esters is 1. The monoisotopic (exact) mass is 281 g/mol. The Balaban J connectivity index is 2.34. The fraction of sp³-hybridized carbons (Fsp3) is 0.417. The highest BCUT2D eigenvalue weighted by molar-refractivity contribution is 6.33. The fourth-order valence-electron chi connectivity index (χ4n) is 2.11. The highest BCUT2D eigenvalue weighted by atomic mass is 35.5. The van der Waals surface area contributed by atoms with Gasteiger partial charge in [0.1, 0.15) is 17.9 Å². The summed E-state index contributed by atoms with van der Waals surface area (Å²) in [4.78, 5) is 17.4. The third kappa shape index (κ3) is 2.62. The second-order valence-electron chi connectivity index (χ2n) is 4.22. The molecular weight excluding hydrogens is 270 g/mol. The molecule has 1 aromatic rings. The van der Waals surface area contributed by atoms with Crippen molar-refractivity contribution in [2.45, 2.75) is 18.6 Å². The van der Waals surface area contributed by atoms with Crippen LogP contribution in [0.25, 0.3) is 0 Å². The summed E-state index contributed by atoms with van der Waals surface area (Å²) < 4.78 is 4.70. The maximum Gasteiger partial charge on any atom is 0.328 e. The number of carbonyl (C=O) groups is 1. The first-order valence-electron chi connectivity index (χ1n) is 5.65. The fourth-order valence-corrected chi connectivity index (χ4v) is 2.39. The quantitative estimate of drug-likeness (QED) is 0.804. The average molecular weight is 282 g/mol. The molecule has 0 aromatic carbocycles. The van der Waals surface area contributed by atoms with E-state index in [1.165, 1.54) is 19.4 Å². The molecule has 1 aliphatic heterocycles. The van der Waals surface area contributed by atoms with Crippen LogP contribution in [0, 0.1) is 11.3 Å². The molecule has 6 nitrogen and oxygen atoms in total. The predicted molar refractivity (Wildman–Crippen MR) is 67.7 cm³/mol. The molecule has 0 bridgehead atoms. The highest BCUT2D eigenvalue weighted by Crippen LogP contribution is 2.31. The third-order valence-electron chi connectivity index (χ3n) is 2.98. The van der Waals surface area contributed by atoms with Gasteiger partial charge in [0, 0.05) is 19.2 Å². The van der Waals surface area contributed by atoms with Crippen LogP contribution in [0.4, 0.5) is 5.82 Å². The Bertz CT molecular complexity index is 544. The van der Waals surface area contributed by atoms with Crippen molar-refractivity contribution >= 4 is 23.4 Å². The second kappa shape index (κ2) is 5.43. The molecule has 1 fully saturated rings. The van der Waals surface area contributed by atoms with E-state index in [1.807, 2.05) is 6.07 Å². The van der Waals surface area contributed by atoms with Crippen molar-refractivity contribution in [1.82, 2.24) is 4.98 Å². The SMILES string of the molecule is COC(=O)[C@@H]1C[C@@H](O)CN1c1ncc(C#N)cc1Cl. The largest absolute Gasteiger partial charge is 0.467 e. The van der Waals surface area contributed by atoms with Gasteiger partial charge in [-0.05, 0) is 6.07 Å². The second-order valence-corrected chi connectivity index (χ2v) is 4.63. The lowest BCUT2D eigenvalue weighted by Crippen LogP contribution is -2.37. The van der Waals surface area contributed by atoms with Gasteiger partial charge in [-0.25, -0.2) is 9.78 Å². The number of pyridine rings is 1. The lowest BCUT2D eigenvalue weighted by Gasteiger charge is -2.24. The number of β-amino-alcohol motifs (C(OH)–C–C–N with tert-alkyl or cyclic N) is 1. The van der Waals surface area contributed by atoms with Crippen LogP contribution < -0.4 is 4.90 Å². The molecule has 0 spiro atoms. The van der Waals surface area contributed by atoms with Crippen LogP contribution in [0.2, 0.25) is 5.02 Å². The van der Waals surface area contributed by atoms with E-state index in [9.17, 15) is 9.90 Å². The van der Waals surface area contributed by atoms with Crippen molar-refractivity contribution in [3.05, 3.63) is 22.8 Å². The summed E-state index contributed by atoms with van der Waals surface area (Å²) >= 11 is 6.06. The minimum absolute atomic E-state index is 0.248. The zero-order valence-corrected chi connectivity index (χ0v) is 11.0. The number of nitrogens with zero attached hydrogens (tertiary/aromatic N) is 3. The lowest BCUT2D eigenvalue weighted by molar-refractivity contribution is -0.142. The van der Waals surface area contributed by atoms with Gasteiger partial charge in [-0.1, -0.05) is 11.6 Å². The first-order valence-corrected chi connectivity index (χ1v) is 6.02. The third-order valence-corrected chi connectivity index (χ3v) is 3.25. The number of ether oxygens (including phenoxy) is 1. The van der Waals surface area contributed by atoms with Crippen LogP contribution in [-0.2, 0) is 9.53 Å². The number of rotatable bonds is 2. The van der Waals surface area contributed by atoms with E-state index in [2.05, 4.69) is 4.98 Å². The summed E-state index contributed by atoms with van der Waals surface area (Å²) in [6.07, 6.45) is 1.00. The molecule has 2 heterocycles. The molecule has 0 aliphatic carbocycles. The van der Waals surface area contributed by atoms with Gasteiger partial charge < -0.3 is 14.7 Å². The molecule has 0 amide bonds. The molecule has 100 valence electrons. The van der Waals surface area contributed by atoms with Crippen LogP contribution >= 0.6 is 11.6 Å². The highest BCUT2D eigenvalue weighted by Gasteiger charge is 2.38. The van der Waals surface area contributed by atoms with Crippen molar-refractivity contribution in [2.24, 2.45) is 0 Å². The molecule has 0 radical (unpaired) electrons. The van der Waals surface area contributed by atoms with Crippen molar-refractivity contribution in [3.8, 4) is 6.07 Å². The number of hydrogen-bond acceptors (Lipinski definition) is 6. The molecule has 19 heavy (non-hydrogen) atoms. The van der Waals surface area contributed by atoms with Gasteiger partial charge in [-0.3, -0.25) is 0 Å². The van der Waals surface area contributed by atoms with E-state index >= 15 is 0 Å². The van der Waals surface area contributed by atoms with E-state index in [-0.39, 0.29) is 18.0 Å². The minimum Gasteiger partial charge on any atom is -0.467 e. The van der Waals surface area contributed by atoms with Gasteiger partial charge in [-0.15, -0.1) is 0 Å². The number of hydrogen-bond donors (Lipinski definition) is 1. The van der Waals surface area contributed by atoms with Gasteiger partial charge in [0.25, 0.3) is 0 Å². The Kier molecular flexibility index (Phi) is 3.88. The summed E-state index contributed by atoms with van der Waals surface area (Å²) in [5, 5.41) is 18.7. The van der Waals surface area contributed by atoms with Crippen LogP contribution in [-0.4, -0.2) is 41.9 Å². The molecule has 2 rings (SSSR count). The molecule has 1 saturated heterocycles. The standard InChI is InChI=1S/C12H12ClN3O3/c1-19-12(18)10-3-8(17)6-16(10)11-9(13)2-7(4-14)5-15-11/h2,5,8,10,17H,3,6H2,1H3/t8-,10+/m1/s1. The van der Waals surface area contributed by atoms with Crippen molar-refractivity contribution in [1.29, 1.82) is 5.26 Å². The minimum atomic E-state index is -0.641. The van der Waals surface area contributed by atoms with Gasteiger partial charge >= 0.3 is 5.97 Å². The van der Waals surface area contributed by atoms with Gasteiger partial charge in [0.05, 0.1) is 23.8 Å². The van der Waals surface area contributed by atoms with Crippen molar-refractivity contribution in [2.75, 3.05) is 18.6 Å². The number of aliphatic hydroxyl groups is 1. The van der Waals surface area contributed by atoms with Crippen LogP contribution in [0.3, 0.4) is 0 Å². The molecule has 0 unspecified atom stereocenters. The van der Waals surface area contributed by atoms with Gasteiger partial charge in [0.15, 0.2) is 0 Å². The van der Waals surface area contributed by atoms with Crippen LogP contribution in [0.5, 0.6) is 0 Å². The molecule has 0 saturated carbocycles. The molecule has 1 aromatic heterocycles. The topological polar surface area (TPSA) is 86.5 Å². The number of aromatic nitrogens is 1. The zero-order valence-electron chi connectivity index (χ0n) is 10.2. The first kappa shape index (κ1) is 13.6. The summed E-state index contributed by atoms with van der Waals surface area (Å²) in [6, 6.07) is 2.80. The van der Waals surface area contributed by atoms with Crippen molar-refractivity contribution in [3.63, 3.8) is 0 Å². The maximum atomic E-state index is 11.7. The number of halogens is 1. The Morgan fingerprint density at radius 2 is 2.47 bits per heavy atom. The summed E-state index contributed by atoms with van der Waals surface area (Å²) in [5.41, 5.74) is 0.336. The molecule has 7 heteroatoms. The normalized spacial score (nSPS) is 22.1. The number of methoxy groups -OCH3 is 1. The summed E-state index contributed by atoms with van der Waals surface area (Å²) in [6.45, 7) is 0.248. The van der Waals surface area contributed by atoms with E-state index in [1.54, 1.807) is 4.90 Å². The Hall–Kier alpha value is -1.84. The number of aliphatic hydroxyl groups excluding tert-OH is 1. The van der Waals surface area contributed by atoms with Crippen LogP contribution in [0.1, 0.15) is 12.0 Å². The van der Waals surface area contributed by atoms with E-state index in [0.717, 1.165) is 0 Å². The Morgan fingerprint density at radius 1 is 1.74 bits per heavy atom. The maximum absolute atomic E-state index is 11.7. The van der Waals surface area contributed by atoms with Crippen molar-refractivity contribution < 1.29 is 14.6 Å². The zero-order chi connectivity index (χ0) is 14.0. The predicted octanol–water partition coefficient (Wildman–Crippen LogP) is 0.719. The van der Waals surface area contributed by atoms with E-state index in [0.29, 0.717) is 11.4 Å². The van der Waals surface area contributed by atoms with Gasteiger partial charge in [-0.2, -0.15) is 5.26 Å². The lowest BCUT2D eigenvalue weighted by atomic mass is 10.2. The number of nitriles is 1. The molecule has 2 atom stereocenters. The number of carbonyl (C=O) groups excluding carboxylic acids is 1. The average Bonchev–Trinajstić information content (AvgIpc) is 2.79. The van der Waals surface area contributed by atoms with Gasteiger partial charge in [0.2, 0.25) is 0 Å². The smallest absolute Gasteiger partial charge is 0.328 e. The summed E-state index contributed by atoms with van der Waals surface area (Å²) in [7, 11) is 1.29. The Labute approximate surface area is 115 Å². The Morgan fingerprint density at radius 3 is 3.05 bits per heavy atom. The van der Waals surface area contributed by atoms with E-state index < -0.39 is 18.1 Å². The first-order chi connectivity index (χ1) is 9.06.